The van der Waals surface area contributed by atoms with Gasteiger partial charge in [0.15, 0.2) is 0 Å². The van der Waals surface area contributed by atoms with Crippen molar-refractivity contribution in [1.82, 2.24) is 0 Å². The van der Waals surface area contributed by atoms with Crippen LogP contribution in [-0.2, 0) is 12.8 Å². The van der Waals surface area contributed by atoms with Crippen molar-refractivity contribution in [2.45, 2.75) is 12.8 Å². The molecule has 101 valence electrons. The van der Waals surface area contributed by atoms with E-state index >= 15 is 0 Å². The fourth-order valence-electron chi connectivity index (χ4n) is 2.25. The first kappa shape index (κ1) is 13.9. The highest BCUT2D eigenvalue weighted by Crippen LogP contribution is 2.37. The highest BCUT2D eigenvalue weighted by atomic mass is 16.3. The number of hydrogen-bond donors (Lipinski definition) is 2. The number of benzene rings is 2. The predicted octanol–water partition coefficient (Wildman–Crippen LogP) is 4.02. The average Bonchev–Trinajstić information content (AvgIpc) is 2.44. The Bertz CT molecular complexity index is 642. The Labute approximate surface area is 119 Å². The van der Waals surface area contributed by atoms with Gasteiger partial charge in [-0.25, -0.2) is 0 Å². The molecule has 2 aromatic rings. The van der Waals surface area contributed by atoms with Crippen LogP contribution >= 0.6 is 0 Å². The summed E-state index contributed by atoms with van der Waals surface area (Å²) in [6.45, 7) is 7.39. The van der Waals surface area contributed by atoms with Crippen LogP contribution in [0.2, 0.25) is 0 Å². The molecule has 0 saturated heterocycles. The van der Waals surface area contributed by atoms with Gasteiger partial charge in [-0.1, -0.05) is 36.4 Å². The summed E-state index contributed by atoms with van der Waals surface area (Å²) in [6.07, 6.45) is 4.59. The van der Waals surface area contributed by atoms with E-state index in [-0.39, 0.29) is 11.5 Å². The standard InChI is InChI=1S/C18H17O2/c1-3-7-13-9-5-11-16(18(13)20)14-10-6-12-17(19)15(14)8-4-2/h3-6,9-11,19-20H,1-2,7-8H2. The van der Waals surface area contributed by atoms with Crippen molar-refractivity contribution >= 4 is 0 Å². The average molecular weight is 265 g/mol. The lowest BCUT2D eigenvalue weighted by atomic mass is 9.94. The highest BCUT2D eigenvalue weighted by Gasteiger charge is 2.13. The van der Waals surface area contributed by atoms with Crippen LogP contribution in [0.25, 0.3) is 11.1 Å². The molecule has 20 heavy (non-hydrogen) atoms. The molecule has 0 saturated carbocycles. The summed E-state index contributed by atoms with van der Waals surface area (Å²) in [5.74, 6) is 0.319. The normalized spacial score (nSPS) is 10.2. The molecule has 0 aliphatic heterocycles. The SMILES string of the molecule is C=CCc1cccc(-c2cc[c]c(O)c2CC=C)c1O. The van der Waals surface area contributed by atoms with E-state index in [0.717, 1.165) is 11.1 Å². The van der Waals surface area contributed by atoms with Crippen LogP contribution in [0.1, 0.15) is 11.1 Å². The van der Waals surface area contributed by atoms with Crippen LogP contribution in [0.15, 0.2) is 55.6 Å². The Morgan fingerprint density at radius 3 is 2.45 bits per heavy atom. The number of aromatic hydroxyl groups is 2. The third-order valence-corrected chi connectivity index (χ3v) is 3.20. The maximum atomic E-state index is 10.4. The first-order valence-electron chi connectivity index (χ1n) is 6.44. The molecule has 0 spiro atoms. The summed E-state index contributed by atoms with van der Waals surface area (Å²) >= 11 is 0. The lowest BCUT2D eigenvalue weighted by molar-refractivity contribution is 0.467. The third-order valence-electron chi connectivity index (χ3n) is 3.20. The van der Waals surface area contributed by atoms with Gasteiger partial charge in [-0.2, -0.15) is 0 Å². The van der Waals surface area contributed by atoms with Crippen LogP contribution in [-0.4, -0.2) is 10.2 Å². The Morgan fingerprint density at radius 1 is 1.00 bits per heavy atom. The summed E-state index contributed by atoms with van der Waals surface area (Å²) < 4.78 is 0. The summed E-state index contributed by atoms with van der Waals surface area (Å²) in [7, 11) is 0. The summed E-state index contributed by atoms with van der Waals surface area (Å²) in [5.41, 5.74) is 3.03. The Kier molecular flexibility index (Phi) is 4.26. The maximum absolute atomic E-state index is 10.4. The monoisotopic (exact) mass is 265 g/mol. The molecule has 0 aliphatic carbocycles. The van der Waals surface area contributed by atoms with E-state index in [2.05, 4.69) is 19.2 Å². The van der Waals surface area contributed by atoms with Gasteiger partial charge < -0.3 is 10.2 Å². The van der Waals surface area contributed by atoms with Gasteiger partial charge in [0, 0.05) is 17.2 Å². The minimum Gasteiger partial charge on any atom is -0.507 e. The van der Waals surface area contributed by atoms with Crippen LogP contribution < -0.4 is 0 Å². The zero-order chi connectivity index (χ0) is 14.5. The predicted molar refractivity (Wildman–Crippen MR) is 81.8 cm³/mol. The number of phenolic OH excluding ortho intramolecular Hbond substituents is 2. The third kappa shape index (κ3) is 2.59. The molecular formula is C18H17O2. The first-order chi connectivity index (χ1) is 9.69. The topological polar surface area (TPSA) is 40.5 Å². The van der Waals surface area contributed by atoms with Gasteiger partial charge in [-0.15, -0.1) is 13.2 Å². The van der Waals surface area contributed by atoms with Gasteiger partial charge in [-0.3, -0.25) is 0 Å². The molecule has 2 N–H and O–H groups in total. The number of rotatable bonds is 5. The second-order valence-corrected chi connectivity index (χ2v) is 4.52. The van der Waals surface area contributed by atoms with Crippen molar-refractivity contribution in [1.29, 1.82) is 0 Å². The maximum Gasteiger partial charge on any atom is 0.127 e. The zero-order valence-electron chi connectivity index (χ0n) is 11.3. The lowest BCUT2D eigenvalue weighted by Gasteiger charge is -2.13. The fourth-order valence-corrected chi connectivity index (χ4v) is 2.25. The molecule has 0 amide bonds. The van der Waals surface area contributed by atoms with Gasteiger partial charge in [0.1, 0.15) is 11.5 Å². The van der Waals surface area contributed by atoms with E-state index in [9.17, 15) is 10.2 Å². The van der Waals surface area contributed by atoms with Gasteiger partial charge in [0.2, 0.25) is 0 Å². The Morgan fingerprint density at radius 2 is 1.75 bits per heavy atom. The van der Waals surface area contributed by atoms with Crippen molar-refractivity contribution < 1.29 is 10.2 Å². The van der Waals surface area contributed by atoms with Crippen molar-refractivity contribution in [3.63, 3.8) is 0 Å². The second-order valence-electron chi connectivity index (χ2n) is 4.52. The molecule has 0 fully saturated rings. The largest absolute Gasteiger partial charge is 0.507 e. The number of phenols is 2. The van der Waals surface area contributed by atoms with Crippen molar-refractivity contribution in [2.24, 2.45) is 0 Å². The molecule has 0 bridgehead atoms. The minimum atomic E-state index is 0.0934. The van der Waals surface area contributed by atoms with E-state index in [1.54, 1.807) is 18.2 Å². The molecule has 0 atom stereocenters. The number of allylic oxidation sites excluding steroid dienone is 2. The van der Waals surface area contributed by atoms with E-state index in [1.807, 2.05) is 24.3 Å². The van der Waals surface area contributed by atoms with Crippen LogP contribution in [0.4, 0.5) is 0 Å². The number of para-hydroxylation sites is 1. The Hall–Kier alpha value is -2.48. The van der Waals surface area contributed by atoms with Gasteiger partial charge >= 0.3 is 0 Å². The molecule has 2 heteroatoms. The zero-order valence-corrected chi connectivity index (χ0v) is 11.3. The quantitative estimate of drug-likeness (QED) is 0.801. The Balaban J connectivity index is 2.62. The van der Waals surface area contributed by atoms with Crippen molar-refractivity contribution in [2.75, 3.05) is 0 Å². The molecule has 1 radical (unpaired) electrons. The molecule has 0 aliphatic rings. The minimum absolute atomic E-state index is 0.0934. The summed E-state index contributed by atoms with van der Waals surface area (Å²) in [4.78, 5) is 0. The van der Waals surface area contributed by atoms with E-state index < -0.39 is 0 Å². The molecule has 2 nitrogen and oxygen atoms in total. The number of hydrogen-bond acceptors (Lipinski definition) is 2. The molecule has 0 heterocycles. The second kappa shape index (κ2) is 6.11. The molecule has 0 unspecified atom stereocenters. The molecule has 0 aromatic heterocycles. The lowest BCUT2D eigenvalue weighted by Crippen LogP contribution is -1.92. The van der Waals surface area contributed by atoms with Crippen LogP contribution in [0.5, 0.6) is 11.5 Å². The van der Waals surface area contributed by atoms with Crippen molar-refractivity contribution in [3.05, 3.63) is 72.8 Å². The van der Waals surface area contributed by atoms with Crippen LogP contribution in [0, 0.1) is 6.07 Å². The molecule has 2 rings (SSSR count). The smallest absolute Gasteiger partial charge is 0.127 e. The van der Waals surface area contributed by atoms with Crippen molar-refractivity contribution in [3.8, 4) is 22.6 Å². The van der Waals surface area contributed by atoms with Gasteiger partial charge in [-0.05, 0) is 30.0 Å². The molecule has 2 aromatic carbocycles. The molecular weight excluding hydrogens is 248 g/mol. The summed E-state index contributed by atoms with van der Waals surface area (Å²) in [5, 5.41) is 20.3. The van der Waals surface area contributed by atoms with E-state index in [1.165, 1.54) is 0 Å². The fraction of sp³-hybridized carbons (Fsp3) is 0.111. The highest BCUT2D eigenvalue weighted by molar-refractivity contribution is 5.76. The first-order valence-corrected chi connectivity index (χ1v) is 6.44. The summed E-state index contributed by atoms with van der Waals surface area (Å²) in [6, 6.07) is 11.8. The van der Waals surface area contributed by atoms with Gasteiger partial charge in [0.25, 0.3) is 0 Å². The van der Waals surface area contributed by atoms with E-state index in [4.69, 9.17) is 0 Å². The van der Waals surface area contributed by atoms with Crippen LogP contribution in [0.3, 0.4) is 0 Å². The van der Waals surface area contributed by atoms with Gasteiger partial charge in [0.05, 0.1) is 0 Å². The van der Waals surface area contributed by atoms with E-state index in [0.29, 0.717) is 24.0 Å².